The summed E-state index contributed by atoms with van der Waals surface area (Å²) in [5, 5.41) is 9.32. The molecule has 0 unspecified atom stereocenters. The fourth-order valence-corrected chi connectivity index (χ4v) is 1.93. The molecule has 4 nitrogen and oxygen atoms in total. The second-order valence-electron chi connectivity index (χ2n) is 3.06. The van der Waals surface area contributed by atoms with E-state index in [4.69, 9.17) is 5.73 Å². The van der Waals surface area contributed by atoms with E-state index in [1.165, 1.54) is 0 Å². The van der Waals surface area contributed by atoms with Crippen molar-refractivity contribution in [2.75, 3.05) is 11.1 Å². The molecular formula is C9H12N4S. The SMILES string of the molecule is Cn1cc(NCc2sccc2N)cn1. The lowest BCUT2D eigenvalue weighted by atomic mass is 10.4. The summed E-state index contributed by atoms with van der Waals surface area (Å²) < 4.78 is 1.76. The summed E-state index contributed by atoms with van der Waals surface area (Å²) in [5.41, 5.74) is 7.63. The lowest BCUT2D eigenvalue weighted by molar-refractivity contribution is 0.768. The van der Waals surface area contributed by atoms with E-state index in [0.29, 0.717) is 0 Å². The van der Waals surface area contributed by atoms with Gasteiger partial charge in [-0.15, -0.1) is 11.3 Å². The van der Waals surface area contributed by atoms with Crippen molar-refractivity contribution in [3.8, 4) is 0 Å². The maximum absolute atomic E-state index is 5.76. The van der Waals surface area contributed by atoms with Gasteiger partial charge in [0, 0.05) is 23.8 Å². The van der Waals surface area contributed by atoms with Crippen molar-refractivity contribution in [2.24, 2.45) is 7.05 Å². The number of rotatable bonds is 3. The van der Waals surface area contributed by atoms with Crippen LogP contribution in [0, 0.1) is 0 Å². The highest BCUT2D eigenvalue weighted by molar-refractivity contribution is 7.10. The molecule has 5 heteroatoms. The van der Waals surface area contributed by atoms with E-state index in [-0.39, 0.29) is 0 Å². The smallest absolute Gasteiger partial charge is 0.0729 e. The average molecular weight is 208 g/mol. The molecule has 0 atom stereocenters. The highest BCUT2D eigenvalue weighted by Crippen LogP contribution is 2.19. The van der Waals surface area contributed by atoms with Crippen LogP contribution in [0.1, 0.15) is 4.88 Å². The van der Waals surface area contributed by atoms with E-state index in [1.807, 2.05) is 24.7 Å². The number of aromatic nitrogens is 2. The van der Waals surface area contributed by atoms with Crippen LogP contribution in [0.3, 0.4) is 0 Å². The summed E-state index contributed by atoms with van der Waals surface area (Å²) in [7, 11) is 1.89. The van der Waals surface area contributed by atoms with E-state index in [1.54, 1.807) is 22.2 Å². The lowest BCUT2D eigenvalue weighted by Gasteiger charge is -2.01. The molecular weight excluding hydrogens is 196 g/mol. The largest absolute Gasteiger partial charge is 0.398 e. The van der Waals surface area contributed by atoms with Crippen molar-refractivity contribution >= 4 is 22.7 Å². The first kappa shape index (κ1) is 9.08. The third-order valence-electron chi connectivity index (χ3n) is 1.94. The van der Waals surface area contributed by atoms with Gasteiger partial charge in [0.1, 0.15) is 0 Å². The fraction of sp³-hybridized carbons (Fsp3) is 0.222. The van der Waals surface area contributed by atoms with Gasteiger partial charge in [-0.05, 0) is 11.4 Å². The van der Waals surface area contributed by atoms with E-state index in [9.17, 15) is 0 Å². The molecule has 0 aliphatic heterocycles. The number of nitrogens with two attached hydrogens (primary N) is 1. The summed E-state index contributed by atoms with van der Waals surface area (Å²) in [4.78, 5) is 1.16. The minimum Gasteiger partial charge on any atom is -0.398 e. The minimum atomic E-state index is 0.759. The van der Waals surface area contributed by atoms with E-state index >= 15 is 0 Å². The van der Waals surface area contributed by atoms with Gasteiger partial charge in [0.05, 0.1) is 18.4 Å². The third-order valence-corrected chi connectivity index (χ3v) is 2.87. The Labute approximate surface area is 86.4 Å². The summed E-state index contributed by atoms with van der Waals surface area (Å²) in [6.07, 6.45) is 3.73. The predicted molar refractivity (Wildman–Crippen MR) is 59.3 cm³/mol. The number of hydrogen-bond donors (Lipinski definition) is 2. The quantitative estimate of drug-likeness (QED) is 0.806. The normalized spacial score (nSPS) is 10.4. The van der Waals surface area contributed by atoms with E-state index < -0.39 is 0 Å². The van der Waals surface area contributed by atoms with Crippen molar-refractivity contribution in [2.45, 2.75) is 6.54 Å². The van der Waals surface area contributed by atoms with Crippen molar-refractivity contribution < 1.29 is 0 Å². The van der Waals surface area contributed by atoms with Gasteiger partial charge in [0.25, 0.3) is 0 Å². The Hall–Kier alpha value is -1.49. The molecule has 0 bridgehead atoms. The Morgan fingerprint density at radius 3 is 3.07 bits per heavy atom. The topological polar surface area (TPSA) is 55.9 Å². The van der Waals surface area contributed by atoms with Crippen LogP contribution in [0.4, 0.5) is 11.4 Å². The molecule has 2 aromatic heterocycles. The van der Waals surface area contributed by atoms with Crippen LogP contribution in [0.2, 0.25) is 0 Å². The van der Waals surface area contributed by atoms with Crippen LogP contribution in [0.5, 0.6) is 0 Å². The Morgan fingerprint density at radius 1 is 1.64 bits per heavy atom. The Kier molecular flexibility index (Phi) is 2.41. The van der Waals surface area contributed by atoms with Crippen molar-refractivity contribution in [3.63, 3.8) is 0 Å². The van der Waals surface area contributed by atoms with E-state index in [0.717, 1.165) is 22.8 Å². The molecule has 2 heterocycles. The fourth-order valence-electron chi connectivity index (χ4n) is 1.19. The molecule has 0 spiro atoms. The summed E-state index contributed by atoms with van der Waals surface area (Å²) >= 11 is 1.66. The third kappa shape index (κ3) is 1.88. The van der Waals surface area contributed by atoms with Crippen LogP contribution in [0.15, 0.2) is 23.8 Å². The van der Waals surface area contributed by atoms with Gasteiger partial charge in [-0.3, -0.25) is 4.68 Å². The lowest BCUT2D eigenvalue weighted by Crippen LogP contribution is -1.98. The van der Waals surface area contributed by atoms with Crippen LogP contribution in [-0.4, -0.2) is 9.78 Å². The van der Waals surface area contributed by atoms with Crippen molar-refractivity contribution in [1.29, 1.82) is 0 Å². The Bertz CT molecular complexity index is 418. The first-order valence-corrected chi connectivity index (χ1v) is 5.18. The Balaban J connectivity index is 1.98. The number of thiophene rings is 1. The number of hydrogen-bond acceptors (Lipinski definition) is 4. The molecule has 0 saturated carbocycles. The number of anilines is 2. The Morgan fingerprint density at radius 2 is 2.50 bits per heavy atom. The summed E-state index contributed by atoms with van der Waals surface area (Å²) in [6, 6.07) is 1.92. The summed E-state index contributed by atoms with van der Waals surface area (Å²) in [6.45, 7) is 0.759. The van der Waals surface area contributed by atoms with Gasteiger partial charge in [-0.1, -0.05) is 0 Å². The highest BCUT2D eigenvalue weighted by atomic mass is 32.1. The molecule has 74 valence electrons. The number of nitrogen functional groups attached to an aromatic ring is 1. The first-order valence-electron chi connectivity index (χ1n) is 4.30. The number of nitrogens with zero attached hydrogens (tertiary/aromatic N) is 2. The van der Waals surface area contributed by atoms with Gasteiger partial charge >= 0.3 is 0 Å². The maximum atomic E-state index is 5.76. The van der Waals surface area contributed by atoms with Crippen molar-refractivity contribution in [1.82, 2.24) is 9.78 Å². The van der Waals surface area contributed by atoms with Crippen LogP contribution < -0.4 is 11.1 Å². The second kappa shape index (κ2) is 3.71. The van der Waals surface area contributed by atoms with E-state index in [2.05, 4.69) is 10.4 Å². The molecule has 0 amide bonds. The van der Waals surface area contributed by atoms with Crippen LogP contribution in [0.25, 0.3) is 0 Å². The van der Waals surface area contributed by atoms with Crippen molar-refractivity contribution in [3.05, 3.63) is 28.7 Å². The molecule has 0 aliphatic carbocycles. The second-order valence-corrected chi connectivity index (χ2v) is 4.06. The molecule has 0 aliphatic rings. The minimum absolute atomic E-state index is 0.759. The van der Waals surface area contributed by atoms with Crippen LogP contribution >= 0.6 is 11.3 Å². The van der Waals surface area contributed by atoms with Crippen LogP contribution in [-0.2, 0) is 13.6 Å². The number of aryl methyl sites for hydroxylation is 1. The molecule has 0 radical (unpaired) electrons. The maximum Gasteiger partial charge on any atom is 0.0729 e. The molecule has 0 saturated heterocycles. The van der Waals surface area contributed by atoms with Gasteiger partial charge in [0.2, 0.25) is 0 Å². The molecule has 2 aromatic rings. The predicted octanol–water partition coefficient (Wildman–Crippen LogP) is 1.68. The monoisotopic (exact) mass is 208 g/mol. The number of nitrogens with one attached hydrogen (secondary N) is 1. The zero-order chi connectivity index (χ0) is 9.97. The van der Waals surface area contributed by atoms with Gasteiger partial charge in [-0.2, -0.15) is 5.10 Å². The van der Waals surface area contributed by atoms with Gasteiger partial charge < -0.3 is 11.1 Å². The standard InChI is InChI=1S/C9H12N4S/c1-13-6-7(4-12-13)11-5-9-8(10)2-3-14-9/h2-4,6,11H,5,10H2,1H3. The molecule has 0 fully saturated rings. The highest BCUT2D eigenvalue weighted by Gasteiger charge is 2.00. The zero-order valence-electron chi connectivity index (χ0n) is 7.90. The molecule has 2 rings (SSSR count). The average Bonchev–Trinajstić information content (AvgIpc) is 2.72. The first-order chi connectivity index (χ1) is 6.75. The molecule has 14 heavy (non-hydrogen) atoms. The molecule has 3 N–H and O–H groups in total. The van der Waals surface area contributed by atoms with Gasteiger partial charge in [0.15, 0.2) is 0 Å². The summed E-state index contributed by atoms with van der Waals surface area (Å²) in [5.74, 6) is 0. The zero-order valence-corrected chi connectivity index (χ0v) is 8.71. The van der Waals surface area contributed by atoms with Gasteiger partial charge in [-0.25, -0.2) is 0 Å². The molecule has 0 aromatic carbocycles.